The van der Waals surface area contributed by atoms with Crippen LogP contribution in [0.1, 0.15) is 45.1 Å². The molecular formula is C22H33IN4O3. The largest absolute Gasteiger partial charge is 0.469 e. The highest BCUT2D eigenvalue weighted by Gasteiger charge is 2.15. The summed E-state index contributed by atoms with van der Waals surface area (Å²) >= 11 is 0. The number of hydrogen-bond donors (Lipinski definition) is 3. The van der Waals surface area contributed by atoms with Crippen molar-refractivity contribution < 1.29 is 13.9 Å². The normalized spacial score (nSPS) is 12.5. The van der Waals surface area contributed by atoms with E-state index in [0.717, 1.165) is 12.2 Å². The highest BCUT2D eigenvalue weighted by Crippen LogP contribution is 2.11. The van der Waals surface area contributed by atoms with Gasteiger partial charge in [0.25, 0.3) is 0 Å². The Morgan fingerprint density at radius 3 is 2.43 bits per heavy atom. The van der Waals surface area contributed by atoms with Gasteiger partial charge in [0.2, 0.25) is 0 Å². The summed E-state index contributed by atoms with van der Waals surface area (Å²) in [5.74, 6) is 1.58. The molecule has 2 aromatic rings. The minimum atomic E-state index is -0.511. The molecule has 3 N–H and O–H groups in total. The summed E-state index contributed by atoms with van der Waals surface area (Å²) in [6.45, 7) is 9.12. The molecule has 0 aliphatic rings. The Kier molecular flexibility index (Phi) is 11.3. The number of amides is 1. The van der Waals surface area contributed by atoms with E-state index in [4.69, 9.17) is 9.15 Å². The minimum absolute atomic E-state index is 0. The third kappa shape index (κ3) is 10.5. The van der Waals surface area contributed by atoms with E-state index in [1.54, 1.807) is 6.26 Å². The molecule has 1 atom stereocenters. The van der Waals surface area contributed by atoms with Crippen molar-refractivity contribution in [1.82, 2.24) is 16.0 Å². The summed E-state index contributed by atoms with van der Waals surface area (Å²) < 4.78 is 10.6. The number of hydrogen-bond acceptors (Lipinski definition) is 4. The van der Waals surface area contributed by atoms with Gasteiger partial charge in [0, 0.05) is 26.1 Å². The van der Waals surface area contributed by atoms with Gasteiger partial charge in [-0.2, -0.15) is 0 Å². The Balaban J connectivity index is 0.00000450. The van der Waals surface area contributed by atoms with E-state index in [1.165, 1.54) is 5.56 Å². The summed E-state index contributed by atoms with van der Waals surface area (Å²) in [4.78, 5) is 16.4. The van der Waals surface area contributed by atoms with Crippen LogP contribution in [0.4, 0.5) is 4.79 Å². The van der Waals surface area contributed by atoms with E-state index >= 15 is 0 Å². The van der Waals surface area contributed by atoms with Gasteiger partial charge in [-0.15, -0.1) is 24.0 Å². The number of carbonyl (C=O) groups is 1. The minimum Gasteiger partial charge on any atom is -0.469 e. The van der Waals surface area contributed by atoms with Crippen LogP contribution in [0.2, 0.25) is 0 Å². The fourth-order valence-corrected chi connectivity index (χ4v) is 2.58. The summed E-state index contributed by atoms with van der Waals surface area (Å²) in [6, 6.07) is 14.1. The van der Waals surface area contributed by atoms with Crippen LogP contribution >= 0.6 is 24.0 Å². The monoisotopic (exact) mass is 528 g/mol. The second kappa shape index (κ2) is 13.1. The fraction of sp³-hybridized carbons (Fsp3) is 0.455. The topological polar surface area (TPSA) is 87.9 Å². The molecule has 0 spiro atoms. The third-order valence-electron chi connectivity index (χ3n) is 3.95. The second-order valence-corrected chi connectivity index (χ2v) is 7.69. The lowest BCUT2D eigenvalue weighted by Crippen LogP contribution is -2.43. The Morgan fingerprint density at radius 1 is 1.10 bits per heavy atom. The van der Waals surface area contributed by atoms with Crippen LogP contribution in [-0.4, -0.2) is 37.3 Å². The summed E-state index contributed by atoms with van der Waals surface area (Å²) in [5.41, 5.74) is 0.655. The number of benzene rings is 1. The van der Waals surface area contributed by atoms with E-state index in [-0.39, 0.29) is 30.0 Å². The number of alkyl carbamates (subject to hydrolysis) is 1. The number of ether oxygens (including phenoxy) is 1. The Hall–Kier alpha value is -2.23. The first-order chi connectivity index (χ1) is 13.8. The van der Waals surface area contributed by atoms with E-state index in [1.807, 2.05) is 51.1 Å². The predicted octanol–water partition coefficient (Wildman–Crippen LogP) is 4.26. The van der Waals surface area contributed by atoms with Crippen LogP contribution in [0, 0.1) is 0 Å². The zero-order valence-electron chi connectivity index (χ0n) is 18.1. The number of rotatable bonds is 8. The lowest BCUT2D eigenvalue weighted by atomic mass is 10.1. The zero-order chi connectivity index (χ0) is 21.1. The summed E-state index contributed by atoms with van der Waals surface area (Å²) in [6.07, 6.45) is 1.95. The highest BCUT2D eigenvalue weighted by molar-refractivity contribution is 14.0. The maximum atomic E-state index is 11.8. The molecule has 166 valence electrons. The van der Waals surface area contributed by atoms with Crippen molar-refractivity contribution in [2.24, 2.45) is 4.99 Å². The molecule has 8 heteroatoms. The number of carbonyl (C=O) groups excluding carboxylic acids is 1. The molecule has 0 bridgehead atoms. The van der Waals surface area contributed by atoms with Crippen molar-refractivity contribution in [2.75, 3.05) is 19.6 Å². The lowest BCUT2D eigenvalue weighted by Gasteiger charge is -2.21. The van der Waals surface area contributed by atoms with E-state index in [0.29, 0.717) is 25.6 Å². The lowest BCUT2D eigenvalue weighted by molar-refractivity contribution is 0.0529. The smallest absolute Gasteiger partial charge is 0.407 e. The molecule has 1 aromatic heterocycles. The zero-order valence-corrected chi connectivity index (χ0v) is 20.4. The Bertz CT molecular complexity index is 758. The Morgan fingerprint density at radius 2 is 1.80 bits per heavy atom. The molecular weight excluding hydrogens is 495 g/mol. The molecule has 0 radical (unpaired) electrons. The molecule has 7 nitrogen and oxygen atoms in total. The van der Waals surface area contributed by atoms with Gasteiger partial charge >= 0.3 is 6.09 Å². The van der Waals surface area contributed by atoms with Crippen LogP contribution < -0.4 is 16.0 Å². The average molecular weight is 528 g/mol. The molecule has 1 heterocycles. The number of nitrogens with zero attached hydrogens (tertiary/aromatic N) is 1. The summed E-state index contributed by atoms with van der Waals surface area (Å²) in [5, 5.41) is 9.40. The number of furan rings is 1. The number of halogens is 1. The standard InChI is InChI=1S/C22H32N4O3.HI/c1-17(18-9-6-5-7-10-18)26-20(23-13-12-19-11-8-16-28-19)24-14-15-25-21(27)29-22(2,3)4;/h5-11,16-17H,12-15H2,1-4H3,(H,25,27)(H2,23,24,26);1H. The maximum absolute atomic E-state index is 11.8. The van der Waals surface area contributed by atoms with Crippen LogP contribution in [0.5, 0.6) is 0 Å². The maximum Gasteiger partial charge on any atom is 0.407 e. The van der Waals surface area contributed by atoms with Crippen molar-refractivity contribution >= 4 is 36.0 Å². The second-order valence-electron chi connectivity index (χ2n) is 7.69. The predicted molar refractivity (Wildman–Crippen MR) is 130 cm³/mol. The molecule has 1 aromatic carbocycles. The third-order valence-corrected chi connectivity index (χ3v) is 3.95. The average Bonchev–Trinajstić information content (AvgIpc) is 3.17. The van der Waals surface area contributed by atoms with Gasteiger partial charge in [0.05, 0.1) is 12.3 Å². The van der Waals surface area contributed by atoms with E-state index in [9.17, 15) is 4.79 Å². The first kappa shape index (κ1) is 25.8. The van der Waals surface area contributed by atoms with Crippen molar-refractivity contribution in [3.63, 3.8) is 0 Å². The molecule has 1 unspecified atom stereocenters. The van der Waals surface area contributed by atoms with Crippen molar-refractivity contribution in [2.45, 2.75) is 45.8 Å². The first-order valence-corrected chi connectivity index (χ1v) is 9.92. The van der Waals surface area contributed by atoms with Gasteiger partial charge in [-0.05, 0) is 45.4 Å². The van der Waals surface area contributed by atoms with Crippen LogP contribution in [0.25, 0.3) is 0 Å². The molecule has 0 saturated heterocycles. The molecule has 1 amide bonds. The number of guanidine groups is 1. The van der Waals surface area contributed by atoms with Crippen LogP contribution in [-0.2, 0) is 11.2 Å². The molecule has 0 aliphatic carbocycles. The van der Waals surface area contributed by atoms with Crippen LogP contribution in [0.3, 0.4) is 0 Å². The number of nitrogens with one attached hydrogen (secondary N) is 3. The van der Waals surface area contributed by atoms with Gasteiger partial charge in [-0.3, -0.25) is 4.99 Å². The van der Waals surface area contributed by atoms with E-state index in [2.05, 4.69) is 40.0 Å². The van der Waals surface area contributed by atoms with Gasteiger partial charge in [-0.25, -0.2) is 4.79 Å². The van der Waals surface area contributed by atoms with Crippen molar-refractivity contribution in [3.8, 4) is 0 Å². The van der Waals surface area contributed by atoms with Gasteiger partial charge in [0.1, 0.15) is 11.4 Å². The number of aliphatic imine (C=N–C) groups is 1. The quantitative estimate of drug-likeness (QED) is 0.206. The molecule has 30 heavy (non-hydrogen) atoms. The van der Waals surface area contributed by atoms with Gasteiger partial charge < -0.3 is 25.1 Å². The molecule has 2 rings (SSSR count). The first-order valence-electron chi connectivity index (χ1n) is 9.92. The van der Waals surface area contributed by atoms with Gasteiger partial charge in [-0.1, -0.05) is 30.3 Å². The van der Waals surface area contributed by atoms with E-state index < -0.39 is 11.7 Å². The van der Waals surface area contributed by atoms with Crippen LogP contribution in [0.15, 0.2) is 58.1 Å². The highest BCUT2D eigenvalue weighted by atomic mass is 127. The summed E-state index contributed by atoms with van der Waals surface area (Å²) in [7, 11) is 0. The van der Waals surface area contributed by atoms with Crippen molar-refractivity contribution in [1.29, 1.82) is 0 Å². The molecule has 0 saturated carbocycles. The SMILES string of the molecule is CC(NC(=NCCc1ccco1)NCCNC(=O)OC(C)(C)C)c1ccccc1.I. The molecule has 0 aliphatic heterocycles. The van der Waals surface area contributed by atoms with Crippen molar-refractivity contribution in [3.05, 3.63) is 60.1 Å². The van der Waals surface area contributed by atoms with Gasteiger partial charge in [0.15, 0.2) is 5.96 Å². The molecule has 0 fully saturated rings. The fourth-order valence-electron chi connectivity index (χ4n) is 2.58. The Labute approximate surface area is 196 Å².